The number of anilines is 1. The number of pyridine rings is 1. The van der Waals surface area contributed by atoms with Crippen LogP contribution in [-0.2, 0) is 9.53 Å². The van der Waals surface area contributed by atoms with Crippen LogP contribution in [0, 0.1) is 11.8 Å². The highest BCUT2D eigenvalue weighted by Crippen LogP contribution is 2.11. The van der Waals surface area contributed by atoms with Gasteiger partial charge in [-0.1, -0.05) is 5.92 Å². The van der Waals surface area contributed by atoms with Crippen molar-refractivity contribution in [1.82, 2.24) is 10.3 Å². The second-order valence-corrected chi connectivity index (χ2v) is 4.11. The van der Waals surface area contributed by atoms with Crippen molar-refractivity contribution < 1.29 is 9.53 Å². The second kappa shape index (κ2) is 6.76. The molecule has 1 aromatic rings. The minimum absolute atomic E-state index is 0.341. The Labute approximate surface area is 113 Å². The van der Waals surface area contributed by atoms with Crippen molar-refractivity contribution in [1.29, 1.82) is 0 Å². The zero-order chi connectivity index (χ0) is 13.5. The monoisotopic (exact) mass is 259 g/mol. The maximum absolute atomic E-state index is 11.1. The summed E-state index contributed by atoms with van der Waals surface area (Å²) in [6.45, 7) is 5.97. The van der Waals surface area contributed by atoms with Gasteiger partial charge >= 0.3 is 5.97 Å². The molecule has 19 heavy (non-hydrogen) atoms. The van der Waals surface area contributed by atoms with Gasteiger partial charge in [-0.05, 0) is 19.1 Å². The minimum atomic E-state index is -0.506. The van der Waals surface area contributed by atoms with Crippen molar-refractivity contribution in [2.24, 2.45) is 0 Å². The van der Waals surface area contributed by atoms with Gasteiger partial charge in [-0.15, -0.1) is 0 Å². The Bertz CT molecular complexity index is 482. The third-order valence-corrected chi connectivity index (χ3v) is 2.77. The highest BCUT2D eigenvalue weighted by atomic mass is 16.5. The number of esters is 1. The van der Waals surface area contributed by atoms with E-state index in [0.717, 1.165) is 32.0 Å². The predicted molar refractivity (Wildman–Crippen MR) is 72.8 cm³/mol. The molecule has 1 saturated heterocycles. The van der Waals surface area contributed by atoms with Gasteiger partial charge in [0.15, 0.2) is 0 Å². The number of piperazine rings is 1. The lowest BCUT2D eigenvalue weighted by Crippen LogP contribution is -2.43. The molecule has 1 aliphatic rings. The highest BCUT2D eigenvalue weighted by molar-refractivity contribution is 5.89. The molecule has 0 radical (unpaired) electrons. The molecule has 0 amide bonds. The van der Waals surface area contributed by atoms with Crippen LogP contribution in [0.4, 0.5) is 5.82 Å². The Kier molecular flexibility index (Phi) is 4.76. The molecule has 0 aliphatic carbocycles. The van der Waals surface area contributed by atoms with E-state index in [1.165, 1.54) is 0 Å². The lowest BCUT2D eigenvalue weighted by Gasteiger charge is -2.28. The molecule has 1 aromatic heterocycles. The van der Waals surface area contributed by atoms with Gasteiger partial charge in [0, 0.05) is 43.9 Å². The summed E-state index contributed by atoms with van der Waals surface area (Å²) in [5, 5.41) is 3.30. The van der Waals surface area contributed by atoms with Crippen molar-refractivity contribution in [3.8, 4) is 11.8 Å². The molecule has 5 nitrogen and oxygen atoms in total. The van der Waals surface area contributed by atoms with Crippen molar-refractivity contribution in [2.75, 3.05) is 37.7 Å². The highest BCUT2D eigenvalue weighted by Gasteiger charge is 2.10. The topological polar surface area (TPSA) is 54.5 Å². The fourth-order valence-electron chi connectivity index (χ4n) is 1.83. The van der Waals surface area contributed by atoms with Gasteiger partial charge in [-0.3, -0.25) is 0 Å². The maximum Gasteiger partial charge on any atom is 0.384 e. The number of nitrogens with one attached hydrogen (secondary N) is 1. The molecule has 2 rings (SSSR count). The summed E-state index contributed by atoms with van der Waals surface area (Å²) in [7, 11) is 0. The Balaban J connectivity index is 1.99. The van der Waals surface area contributed by atoms with Crippen molar-refractivity contribution in [2.45, 2.75) is 6.92 Å². The van der Waals surface area contributed by atoms with Crippen LogP contribution in [0.5, 0.6) is 0 Å². The summed E-state index contributed by atoms with van der Waals surface area (Å²) in [4.78, 5) is 17.7. The average molecular weight is 259 g/mol. The number of ether oxygens (including phenoxy) is 1. The number of hydrogen-bond donors (Lipinski definition) is 1. The standard InChI is InChI=1S/C14H17N3O2/c1-2-19-14(18)6-4-12-3-5-13(16-11-12)17-9-7-15-8-10-17/h3,5,11,15H,2,7-10H2,1H3. The molecular formula is C14H17N3O2. The molecule has 0 bridgehead atoms. The molecule has 1 fully saturated rings. The van der Waals surface area contributed by atoms with Gasteiger partial charge < -0.3 is 15.0 Å². The van der Waals surface area contributed by atoms with Crippen LogP contribution in [0.2, 0.25) is 0 Å². The fourth-order valence-corrected chi connectivity index (χ4v) is 1.83. The van der Waals surface area contributed by atoms with Crippen LogP contribution in [-0.4, -0.2) is 43.7 Å². The first-order valence-electron chi connectivity index (χ1n) is 6.40. The van der Waals surface area contributed by atoms with Crippen molar-refractivity contribution >= 4 is 11.8 Å². The van der Waals surface area contributed by atoms with E-state index in [2.05, 4.69) is 27.0 Å². The minimum Gasteiger partial charge on any atom is -0.456 e. The normalized spacial score (nSPS) is 14.5. The van der Waals surface area contributed by atoms with Crippen LogP contribution in [0.1, 0.15) is 12.5 Å². The lowest BCUT2D eigenvalue weighted by atomic mass is 10.2. The molecule has 1 N–H and O–H groups in total. The summed E-state index contributed by atoms with van der Waals surface area (Å²) in [5.74, 6) is 5.61. The Hall–Kier alpha value is -2.06. The first kappa shape index (κ1) is 13.4. The zero-order valence-electron chi connectivity index (χ0n) is 11.0. The molecule has 0 spiro atoms. The van der Waals surface area contributed by atoms with Gasteiger partial charge in [0.1, 0.15) is 5.82 Å². The Morgan fingerprint density at radius 2 is 2.26 bits per heavy atom. The summed E-state index contributed by atoms with van der Waals surface area (Å²) < 4.78 is 4.73. The zero-order valence-corrected chi connectivity index (χ0v) is 11.0. The van der Waals surface area contributed by atoms with Gasteiger partial charge in [0.2, 0.25) is 0 Å². The van der Waals surface area contributed by atoms with Crippen LogP contribution < -0.4 is 10.2 Å². The molecule has 0 unspecified atom stereocenters. The number of hydrogen-bond acceptors (Lipinski definition) is 5. The van der Waals surface area contributed by atoms with E-state index in [4.69, 9.17) is 4.74 Å². The second-order valence-electron chi connectivity index (χ2n) is 4.11. The van der Waals surface area contributed by atoms with Gasteiger partial charge in [-0.25, -0.2) is 9.78 Å². The van der Waals surface area contributed by atoms with Crippen molar-refractivity contribution in [3.05, 3.63) is 23.9 Å². The van der Waals surface area contributed by atoms with E-state index in [-0.39, 0.29) is 0 Å². The first-order valence-corrected chi connectivity index (χ1v) is 6.40. The van der Waals surface area contributed by atoms with E-state index in [1.54, 1.807) is 13.1 Å². The molecule has 0 saturated carbocycles. The van der Waals surface area contributed by atoms with Crippen molar-refractivity contribution in [3.63, 3.8) is 0 Å². The molecule has 100 valence electrons. The van der Waals surface area contributed by atoms with Gasteiger partial charge in [0.25, 0.3) is 0 Å². The van der Waals surface area contributed by atoms with Crippen LogP contribution in [0.3, 0.4) is 0 Å². The third kappa shape index (κ3) is 3.97. The smallest absolute Gasteiger partial charge is 0.384 e. The van der Waals surface area contributed by atoms with Gasteiger partial charge in [0.05, 0.1) is 6.61 Å². The van der Waals surface area contributed by atoms with E-state index >= 15 is 0 Å². The van der Waals surface area contributed by atoms with E-state index in [9.17, 15) is 4.79 Å². The quantitative estimate of drug-likeness (QED) is 0.615. The van der Waals surface area contributed by atoms with E-state index in [1.807, 2.05) is 12.1 Å². The SMILES string of the molecule is CCOC(=O)C#Cc1ccc(N2CCNCC2)nc1. The fraction of sp³-hybridized carbons (Fsp3) is 0.429. The molecule has 0 atom stereocenters. The predicted octanol–water partition coefficient (Wildman–Crippen LogP) is 0.406. The molecular weight excluding hydrogens is 242 g/mol. The largest absolute Gasteiger partial charge is 0.456 e. The average Bonchev–Trinajstić information content (AvgIpc) is 2.47. The van der Waals surface area contributed by atoms with E-state index < -0.39 is 5.97 Å². The maximum atomic E-state index is 11.1. The number of rotatable bonds is 2. The lowest BCUT2D eigenvalue weighted by molar-refractivity contribution is -0.136. The first-order chi connectivity index (χ1) is 9.29. The number of nitrogens with zero attached hydrogens (tertiary/aromatic N) is 2. The number of carbonyl (C=O) groups excluding carboxylic acids is 1. The van der Waals surface area contributed by atoms with Crippen LogP contribution in [0.15, 0.2) is 18.3 Å². The summed E-state index contributed by atoms with van der Waals surface area (Å²) >= 11 is 0. The Morgan fingerprint density at radius 3 is 2.89 bits per heavy atom. The molecule has 2 heterocycles. The van der Waals surface area contributed by atoms with Crippen LogP contribution >= 0.6 is 0 Å². The number of aromatic nitrogens is 1. The Morgan fingerprint density at radius 1 is 1.47 bits per heavy atom. The molecule has 1 aliphatic heterocycles. The summed E-state index contributed by atoms with van der Waals surface area (Å²) in [6.07, 6.45) is 1.68. The van der Waals surface area contributed by atoms with Gasteiger partial charge in [-0.2, -0.15) is 0 Å². The molecule has 5 heteroatoms. The number of carbonyl (C=O) groups is 1. The van der Waals surface area contributed by atoms with Crippen LogP contribution in [0.25, 0.3) is 0 Å². The third-order valence-electron chi connectivity index (χ3n) is 2.77. The summed E-state index contributed by atoms with van der Waals surface area (Å²) in [5.41, 5.74) is 0.715. The molecule has 0 aromatic carbocycles. The van der Waals surface area contributed by atoms with E-state index in [0.29, 0.717) is 12.2 Å². The summed E-state index contributed by atoms with van der Waals surface area (Å²) in [6, 6.07) is 3.80.